The average molecular weight is 305 g/mol. The van der Waals surface area contributed by atoms with Crippen LogP contribution in [-0.2, 0) is 11.3 Å². The molecule has 6 heteroatoms. The number of aromatic amines is 1. The van der Waals surface area contributed by atoms with Crippen molar-refractivity contribution in [3.05, 3.63) is 39.8 Å². The van der Waals surface area contributed by atoms with E-state index >= 15 is 0 Å². The zero-order valence-electron chi connectivity index (χ0n) is 12.0. The van der Waals surface area contributed by atoms with Crippen LogP contribution in [0.25, 0.3) is 0 Å². The molecule has 1 saturated heterocycles. The molecule has 0 radical (unpaired) electrons. The Morgan fingerprint density at radius 1 is 1.62 bits per heavy atom. The monoisotopic (exact) mass is 305 g/mol. The van der Waals surface area contributed by atoms with Crippen LogP contribution in [0.3, 0.4) is 0 Å². The van der Waals surface area contributed by atoms with Crippen molar-refractivity contribution in [3.63, 3.8) is 0 Å². The predicted octanol–water partition coefficient (Wildman–Crippen LogP) is 2.64. The van der Waals surface area contributed by atoms with Gasteiger partial charge >= 0.3 is 0 Å². The second-order valence-corrected chi connectivity index (χ2v) is 6.19. The van der Waals surface area contributed by atoms with E-state index in [9.17, 15) is 4.79 Å². The number of amides is 1. The van der Waals surface area contributed by atoms with E-state index in [1.807, 2.05) is 23.3 Å². The fourth-order valence-corrected chi connectivity index (χ4v) is 3.35. The molecule has 2 aromatic rings. The van der Waals surface area contributed by atoms with E-state index < -0.39 is 0 Å². The molecule has 0 aromatic carbocycles. The molecular weight excluding hydrogens is 286 g/mol. The van der Waals surface area contributed by atoms with Crippen molar-refractivity contribution in [1.29, 1.82) is 0 Å². The first kappa shape index (κ1) is 14.3. The smallest absolute Gasteiger partial charge is 0.257 e. The Hall–Kier alpha value is -1.66. The third-order valence-corrected chi connectivity index (χ3v) is 4.69. The second-order valence-electron chi connectivity index (χ2n) is 5.16. The fraction of sp³-hybridized carbons (Fsp3) is 0.467. The SMILES string of the molecule is CCN(Cc1cccs1)C(=O)c1cn[nH]c1C1CCOC1. The molecule has 1 N–H and O–H groups in total. The van der Waals surface area contributed by atoms with Gasteiger partial charge in [0.05, 0.1) is 30.6 Å². The minimum Gasteiger partial charge on any atom is -0.381 e. The van der Waals surface area contributed by atoms with Gasteiger partial charge in [-0.25, -0.2) is 0 Å². The van der Waals surface area contributed by atoms with E-state index in [1.165, 1.54) is 4.88 Å². The van der Waals surface area contributed by atoms with E-state index in [0.717, 1.165) is 18.7 Å². The van der Waals surface area contributed by atoms with Gasteiger partial charge in [-0.15, -0.1) is 11.3 Å². The molecule has 1 amide bonds. The number of H-pyrrole nitrogens is 1. The van der Waals surface area contributed by atoms with E-state index in [1.54, 1.807) is 17.5 Å². The summed E-state index contributed by atoms with van der Waals surface area (Å²) in [6, 6.07) is 4.07. The van der Waals surface area contributed by atoms with Crippen molar-refractivity contribution in [2.75, 3.05) is 19.8 Å². The minimum absolute atomic E-state index is 0.0431. The first-order valence-electron chi connectivity index (χ1n) is 7.22. The number of carbonyl (C=O) groups excluding carboxylic acids is 1. The average Bonchev–Trinajstić information content (AvgIpc) is 3.25. The van der Waals surface area contributed by atoms with E-state index in [-0.39, 0.29) is 11.8 Å². The highest BCUT2D eigenvalue weighted by Gasteiger charge is 2.27. The number of ether oxygens (including phenoxy) is 1. The van der Waals surface area contributed by atoms with Crippen molar-refractivity contribution >= 4 is 17.2 Å². The Labute approximate surface area is 127 Å². The maximum absolute atomic E-state index is 12.8. The van der Waals surface area contributed by atoms with E-state index in [2.05, 4.69) is 16.3 Å². The lowest BCUT2D eigenvalue weighted by Gasteiger charge is -2.20. The Bertz CT molecular complexity index is 588. The third-order valence-electron chi connectivity index (χ3n) is 3.83. The number of nitrogens with zero attached hydrogens (tertiary/aromatic N) is 2. The van der Waals surface area contributed by atoms with Gasteiger partial charge in [0.25, 0.3) is 5.91 Å². The molecule has 0 spiro atoms. The maximum atomic E-state index is 12.8. The maximum Gasteiger partial charge on any atom is 0.257 e. The molecule has 0 bridgehead atoms. The highest BCUT2D eigenvalue weighted by atomic mass is 32.1. The van der Waals surface area contributed by atoms with Crippen LogP contribution in [0, 0.1) is 0 Å². The van der Waals surface area contributed by atoms with E-state index in [4.69, 9.17) is 4.74 Å². The highest BCUT2D eigenvalue weighted by molar-refractivity contribution is 7.09. The summed E-state index contributed by atoms with van der Waals surface area (Å²) in [6.45, 7) is 4.76. The molecule has 2 aromatic heterocycles. The van der Waals surface area contributed by atoms with Crippen LogP contribution < -0.4 is 0 Å². The molecule has 0 saturated carbocycles. The number of hydrogen-bond donors (Lipinski definition) is 1. The van der Waals surface area contributed by atoms with Crippen LogP contribution in [0.15, 0.2) is 23.7 Å². The molecule has 3 heterocycles. The van der Waals surface area contributed by atoms with Crippen molar-refractivity contribution in [1.82, 2.24) is 15.1 Å². The van der Waals surface area contributed by atoms with Gasteiger partial charge in [0.1, 0.15) is 0 Å². The molecule has 1 unspecified atom stereocenters. The van der Waals surface area contributed by atoms with Gasteiger partial charge in [-0.05, 0) is 24.8 Å². The number of carbonyl (C=O) groups is 1. The largest absolute Gasteiger partial charge is 0.381 e. The summed E-state index contributed by atoms with van der Waals surface area (Å²) in [6.07, 6.45) is 2.59. The summed E-state index contributed by atoms with van der Waals surface area (Å²) in [4.78, 5) is 15.8. The molecule has 3 rings (SSSR count). The lowest BCUT2D eigenvalue weighted by Crippen LogP contribution is -2.30. The van der Waals surface area contributed by atoms with Gasteiger partial charge < -0.3 is 9.64 Å². The van der Waals surface area contributed by atoms with Crippen LogP contribution in [0.4, 0.5) is 0 Å². The molecule has 5 nitrogen and oxygen atoms in total. The fourth-order valence-electron chi connectivity index (χ4n) is 2.63. The van der Waals surface area contributed by atoms with Crippen LogP contribution in [0.5, 0.6) is 0 Å². The normalized spacial score (nSPS) is 18.0. The number of hydrogen-bond acceptors (Lipinski definition) is 4. The highest BCUT2D eigenvalue weighted by Crippen LogP contribution is 2.27. The van der Waals surface area contributed by atoms with E-state index in [0.29, 0.717) is 25.3 Å². The number of aromatic nitrogens is 2. The van der Waals surface area contributed by atoms with Crippen molar-refractivity contribution < 1.29 is 9.53 Å². The molecule has 0 aliphatic carbocycles. The summed E-state index contributed by atoms with van der Waals surface area (Å²) in [7, 11) is 0. The zero-order chi connectivity index (χ0) is 14.7. The van der Waals surface area contributed by atoms with Crippen molar-refractivity contribution in [3.8, 4) is 0 Å². The molecule has 21 heavy (non-hydrogen) atoms. The first-order valence-corrected chi connectivity index (χ1v) is 8.10. The molecule has 112 valence electrons. The summed E-state index contributed by atoms with van der Waals surface area (Å²) in [5.74, 6) is 0.299. The van der Waals surface area contributed by atoms with Gasteiger partial charge in [0.15, 0.2) is 0 Å². The number of rotatable bonds is 5. The summed E-state index contributed by atoms with van der Waals surface area (Å²) in [5.41, 5.74) is 1.60. The Balaban J connectivity index is 1.78. The quantitative estimate of drug-likeness (QED) is 0.924. The van der Waals surface area contributed by atoms with Crippen LogP contribution in [-0.4, -0.2) is 40.8 Å². The standard InChI is InChI=1S/C15H19N3O2S/c1-2-18(9-12-4-3-7-21-12)15(19)13-8-16-17-14(13)11-5-6-20-10-11/h3-4,7-8,11H,2,5-6,9-10H2,1H3,(H,16,17). The van der Waals surface area contributed by atoms with Crippen molar-refractivity contribution in [2.45, 2.75) is 25.8 Å². The van der Waals surface area contributed by atoms with Crippen LogP contribution >= 0.6 is 11.3 Å². The lowest BCUT2D eigenvalue weighted by atomic mass is 10.0. The second kappa shape index (κ2) is 6.41. The Kier molecular flexibility index (Phi) is 4.36. The van der Waals surface area contributed by atoms with Crippen LogP contribution in [0.1, 0.15) is 40.2 Å². The predicted molar refractivity (Wildman–Crippen MR) is 81.5 cm³/mol. The summed E-state index contributed by atoms with van der Waals surface area (Å²) in [5, 5.41) is 9.10. The lowest BCUT2D eigenvalue weighted by molar-refractivity contribution is 0.0752. The van der Waals surface area contributed by atoms with Gasteiger partial charge in [-0.1, -0.05) is 6.07 Å². The summed E-state index contributed by atoms with van der Waals surface area (Å²) < 4.78 is 5.42. The molecule has 1 aliphatic heterocycles. The Morgan fingerprint density at radius 3 is 3.19 bits per heavy atom. The minimum atomic E-state index is 0.0431. The Morgan fingerprint density at radius 2 is 2.52 bits per heavy atom. The molecular formula is C15H19N3O2S. The summed E-state index contributed by atoms with van der Waals surface area (Å²) >= 11 is 1.67. The van der Waals surface area contributed by atoms with Gasteiger partial charge in [0.2, 0.25) is 0 Å². The van der Waals surface area contributed by atoms with Crippen LogP contribution in [0.2, 0.25) is 0 Å². The first-order chi connectivity index (χ1) is 10.3. The number of thiophene rings is 1. The molecule has 1 atom stereocenters. The molecule has 1 aliphatic rings. The third kappa shape index (κ3) is 3.01. The molecule has 1 fully saturated rings. The number of nitrogens with one attached hydrogen (secondary N) is 1. The van der Waals surface area contributed by atoms with Crippen molar-refractivity contribution in [2.24, 2.45) is 0 Å². The topological polar surface area (TPSA) is 58.2 Å². The zero-order valence-corrected chi connectivity index (χ0v) is 12.9. The van der Waals surface area contributed by atoms with Gasteiger partial charge in [-0.2, -0.15) is 5.10 Å². The van der Waals surface area contributed by atoms with Gasteiger partial charge in [0, 0.05) is 23.9 Å². The van der Waals surface area contributed by atoms with Gasteiger partial charge in [-0.3, -0.25) is 9.89 Å².